The van der Waals surface area contributed by atoms with Gasteiger partial charge in [-0.3, -0.25) is 9.59 Å². The number of aliphatic carboxylic acids is 1. The number of hydrogen-bond donors (Lipinski definition) is 4. The second kappa shape index (κ2) is 18.4. The predicted molar refractivity (Wildman–Crippen MR) is 171 cm³/mol. The molecule has 0 radical (unpaired) electrons. The number of aromatic nitrogens is 1. The molecule has 1 aliphatic heterocycles. The fraction of sp³-hybridized carbons (Fsp3) is 0.529. The molecule has 1 saturated heterocycles. The largest absolute Gasteiger partial charge is 0.480 e. The molecule has 1 aromatic carbocycles. The molecule has 1 aromatic heterocycles. The summed E-state index contributed by atoms with van der Waals surface area (Å²) < 4.78 is 0. The molecular weight excluding hydrogens is 570 g/mol. The highest BCUT2D eigenvalue weighted by molar-refractivity contribution is 5.85. The van der Waals surface area contributed by atoms with Gasteiger partial charge >= 0.3 is 5.97 Å². The van der Waals surface area contributed by atoms with Gasteiger partial charge in [-0.2, -0.15) is 10.5 Å². The van der Waals surface area contributed by atoms with Crippen LogP contribution in [0.15, 0.2) is 48.7 Å². The van der Waals surface area contributed by atoms with E-state index in [0.29, 0.717) is 49.3 Å². The maximum absolute atomic E-state index is 12.4. The molecule has 2 heterocycles. The smallest absolute Gasteiger partial charge is 0.326 e. The number of nitriles is 2. The van der Waals surface area contributed by atoms with Gasteiger partial charge in [0.25, 0.3) is 0 Å². The zero-order chi connectivity index (χ0) is 32.6. The molecular formula is C34H45N7O4. The number of amides is 2. The number of nitrogens with one attached hydrogen (secondary N) is 3. The van der Waals surface area contributed by atoms with Gasteiger partial charge in [0, 0.05) is 38.2 Å². The number of likely N-dealkylation sites (tertiary alicyclic amines) is 1. The van der Waals surface area contributed by atoms with Gasteiger partial charge in [-0.25, -0.2) is 9.78 Å². The van der Waals surface area contributed by atoms with Gasteiger partial charge < -0.3 is 26.0 Å². The van der Waals surface area contributed by atoms with Crippen LogP contribution in [0, 0.1) is 40.4 Å². The van der Waals surface area contributed by atoms with Crippen molar-refractivity contribution in [2.24, 2.45) is 17.8 Å². The van der Waals surface area contributed by atoms with Crippen LogP contribution in [0.4, 0.5) is 5.82 Å². The number of carbonyl (C=O) groups is 3. The molecule has 11 nitrogen and oxygen atoms in total. The minimum absolute atomic E-state index is 0.0273. The summed E-state index contributed by atoms with van der Waals surface area (Å²) >= 11 is 0. The lowest BCUT2D eigenvalue weighted by atomic mass is 9.76. The molecule has 2 aliphatic rings. The lowest BCUT2D eigenvalue weighted by Gasteiger charge is -2.30. The molecule has 4 rings (SSSR count). The summed E-state index contributed by atoms with van der Waals surface area (Å²) in [6.07, 6.45) is 7.36. The Morgan fingerprint density at radius 3 is 2.36 bits per heavy atom. The second-order valence-electron chi connectivity index (χ2n) is 12.0. The van der Waals surface area contributed by atoms with Gasteiger partial charge in [-0.05, 0) is 68.1 Å². The van der Waals surface area contributed by atoms with Gasteiger partial charge in [0.2, 0.25) is 11.8 Å². The van der Waals surface area contributed by atoms with Crippen LogP contribution >= 0.6 is 0 Å². The van der Waals surface area contributed by atoms with E-state index in [2.05, 4.69) is 40.9 Å². The lowest BCUT2D eigenvalue weighted by Crippen LogP contribution is -2.45. The second-order valence-corrected chi connectivity index (χ2v) is 12.0. The van der Waals surface area contributed by atoms with Crippen LogP contribution in [0.2, 0.25) is 0 Å². The summed E-state index contributed by atoms with van der Waals surface area (Å²) in [7, 11) is 0. The molecule has 0 unspecified atom stereocenters. The van der Waals surface area contributed by atoms with Crippen LogP contribution in [0.5, 0.6) is 0 Å². The van der Waals surface area contributed by atoms with Crippen molar-refractivity contribution in [3.05, 3.63) is 59.8 Å². The van der Waals surface area contributed by atoms with Crippen LogP contribution in [0.3, 0.4) is 0 Å². The fourth-order valence-corrected chi connectivity index (χ4v) is 5.73. The summed E-state index contributed by atoms with van der Waals surface area (Å²) in [5.41, 5.74) is 1.44. The average molecular weight is 616 g/mol. The Morgan fingerprint density at radius 1 is 1.02 bits per heavy atom. The van der Waals surface area contributed by atoms with Crippen molar-refractivity contribution < 1.29 is 19.5 Å². The Labute approximate surface area is 266 Å². The van der Waals surface area contributed by atoms with Gasteiger partial charge in [-0.1, -0.05) is 44.2 Å². The number of carboxylic acid groups (broad SMARTS) is 1. The zero-order valence-electron chi connectivity index (χ0n) is 26.2. The van der Waals surface area contributed by atoms with Crippen LogP contribution in [-0.4, -0.2) is 71.0 Å². The highest BCUT2D eigenvalue weighted by Gasteiger charge is 2.30. The first kappa shape index (κ1) is 35.0. The van der Waals surface area contributed by atoms with Crippen LogP contribution < -0.4 is 16.0 Å². The minimum atomic E-state index is -0.974. The van der Waals surface area contributed by atoms with Crippen LogP contribution in [0.1, 0.15) is 63.5 Å². The standard InChI is InChI=1S/C19H27NO3.C15H18N6O/c1-13(2)15-8-10-16(11-9-15)18(21)20-17(19(22)23)12-14-6-4-3-5-7-14;16-8-12-3-4-14(20-10-12)19-6-5-18-11-15(22)21-7-1-2-13(21)9-17/h3-7,13,15-17H,8-12H2,1-2H3,(H,20,21)(H,22,23);3-4,10,13,18H,1-2,5-7,11H2,(H,19,20)/t15?,16?,17-;13-/m10/s1. The van der Waals surface area contributed by atoms with Crippen molar-refractivity contribution in [1.82, 2.24) is 20.5 Å². The molecule has 2 fully saturated rings. The van der Waals surface area contributed by atoms with Crippen molar-refractivity contribution in [3.63, 3.8) is 0 Å². The maximum atomic E-state index is 12.4. The number of nitrogens with zero attached hydrogens (tertiary/aromatic N) is 4. The van der Waals surface area contributed by atoms with E-state index in [1.54, 1.807) is 17.0 Å². The quantitative estimate of drug-likeness (QED) is 0.260. The van der Waals surface area contributed by atoms with E-state index in [0.717, 1.165) is 44.1 Å². The molecule has 2 amide bonds. The van der Waals surface area contributed by atoms with E-state index >= 15 is 0 Å². The molecule has 0 spiro atoms. The predicted octanol–water partition coefficient (Wildman–Crippen LogP) is 3.73. The normalized spacial score (nSPS) is 19.8. The van der Waals surface area contributed by atoms with Crippen molar-refractivity contribution in [1.29, 1.82) is 10.5 Å². The summed E-state index contributed by atoms with van der Waals surface area (Å²) in [6.45, 7) is 6.59. The Hall–Kier alpha value is -4.48. The third kappa shape index (κ3) is 11.5. The first-order chi connectivity index (χ1) is 21.7. The topological polar surface area (TPSA) is 171 Å². The number of carboxylic acids is 1. The van der Waals surface area contributed by atoms with Gasteiger partial charge in [0.05, 0.1) is 18.2 Å². The summed E-state index contributed by atoms with van der Waals surface area (Å²) in [5, 5.41) is 35.9. The van der Waals surface area contributed by atoms with E-state index in [9.17, 15) is 19.5 Å². The van der Waals surface area contributed by atoms with E-state index in [1.807, 2.05) is 36.4 Å². The zero-order valence-corrected chi connectivity index (χ0v) is 26.2. The number of rotatable bonds is 12. The SMILES string of the molecule is CC(C)C1CCC(C(=O)N[C@H](Cc2ccccc2)C(=O)O)CC1.N#Cc1ccc(NCCNCC(=O)N2CCC[C@H]2C#N)nc1. The molecule has 2 aromatic rings. The van der Waals surface area contributed by atoms with Crippen molar-refractivity contribution >= 4 is 23.6 Å². The monoisotopic (exact) mass is 615 g/mol. The summed E-state index contributed by atoms with van der Waals surface area (Å²) in [6, 6.07) is 15.9. The summed E-state index contributed by atoms with van der Waals surface area (Å²) in [4.78, 5) is 41.6. The maximum Gasteiger partial charge on any atom is 0.326 e. The fourth-order valence-electron chi connectivity index (χ4n) is 5.73. The molecule has 11 heteroatoms. The van der Waals surface area contributed by atoms with Gasteiger partial charge in [-0.15, -0.1) is 0 Å². The Kier molecular flexibility index (Phi) is 14.3. The first-order valence-corrected chi connectivity index (χ1v) is 15.8. The number of carbonyl (C=O) groups excluding carboxylic acids is 2. The number of pyridine rings is 1. The Balaban J connectivity index is 0.000000246. The molecule has 2 atom stereocenters. The molecule has 1 saturated carbocycles. The Bertz CT molecular complexity index is 1310. The van der Waals surface area contributed by atoms with E-state index in [-0.39, 0.29) is 30.3 Å². The molecule has 45 heavy (non-hydrogen) atoms. The van der Waals surface area contributed by atoms with Crippen LogP contribution in [-0.2, 0) is 20.8 Å². The summed E-state index contributed by atoms with van der Waals surface area (Å²) in [5.74, 6) is 0.899. The highest BCUT2D eigenvalue weighted by Crippen LogP contribution is 2.33. The first-order valence-electron chi connectivity index (χ1n) is 15.8. The number of benzene rings is 1. The molecule has 240 valence electrons. The lowest BCUT2D eigenvalue weighted by molar-refractivity contribution is -0.142. The molecule has 1 aliphatic carbocycles. The van der Waals surface area contributed by atoms with Crippen molar-refractivity contribution in [2.75, 3.05) is 31.5 Å². The van der Waals surface area contributed by atoms with E-state index in [1.165, 1.54) is 6.20 Å². The third-order valence-corrected chi connectivity index (χ3v) is 8.48. The number of anilines is 1. The molecule has 0 bridgehead atoms. The highest BCUT2D eigenvalue weighted by atomic mass is 16.4. The van der Waals surface area contributed by atoms with Crippen molar-refractivity contribution in [2.45, 2.75) is 70.9 Å². The molecule has 4 N–H and O–H groups in total. The third-order valence-electron chi connectivity index (χ3n) is 8.48. The van der Waals surface area contributed by atoms with E-state index < -0.39 is 12.0 Å². The van der Waals surface area contributed by atoms with Gasteiger partial charge in [0.1, 0.15) is 24.0 Å². The van der Waals surface area contributed by atoms with Crippen LogP contribution in [0.25, 0.3) is 0 Å². The van der Waals surface area contributed by atoms with E-state index in [4.69, 9.17) is 10.5 Å². The Morgan fingerprint density at radius 2 is 1.76 bits per heavy atom. The average Bonchev–Trinajstić information content (AvgIpc) is 3.54. The van der Waals surface area contributed by atoms with Gasteiger partial charge in [0.15, 0.2) is 0 Å². The van der Waals surface area contributed by atoms with Crippen molar-refractivity contribution in [3.8, 4) is 12.1 Å². The number of hydrogen-bond acceptors (Lipinski definition) is 8. The minimum Gasteiger partial charge on any atom is -0.480 e.